The SMILES string of the molecule is Cc1cc2nc(N(CCN3CCOCC3)C(=O)c3cc4ccccc4oc3=O)sc2cc1C. The molecule has 0 bridgehead atoms. The number of nitrogens with zero attached hydrogens (tertiary/aromatic N) is 3. The van der Waals surface area contributed by atoms with Crippen molar-refractivity contribution in [2.24, 2.45) is 0 Å². The zero-order valence-corrected chi connectivity index (χ0v) is 19.5. The van der Waals surface area contributed by atoms with Crippen molar-refractivity contribution in [2.75, 3.05) is 44.3 Å². The normalized spacial score (nSPS) is 14.7. The van der Waals surface area contributed by atoms with E-state index >= 15 is 0 Å². The highest BCUT2D eigenvalue weighted by Crippen LogP contribution is 2.31. The average Bonchev–Trinajstić information content (AvgIpc) is 3.21. The van der Waals surface area contributed by atoms with Gasteiger partial charge in [-0.05, 0) is 49.2 Å². The second-order valence-electron chi connectivity index (χ2n) is 8.30. The number of carbonyl (C=O) groups is 1. The fraction of sp³-hybridized carbons (Fsp3) is 0.320. The van der Waals surface area contributed by atoms with Crippen molar-refractivity contribution in [2.45, 2.75) is 13.8 Å². The molecule has 7 nitrogen and oxygen atoms in total. The number of thiazole rings is 1. The first kappa shape index (κ1) is 21.8. The smallest absolute Gasteiger partial charge is 0.349 e. The molecule has 0 aliphatic carbocycles. The number of amides is 1. The third-order valence-electron chi connectivity index (χ3n) is 6.08. The first-order chi connectivity index (χ1) is 16.0. The van der Waals surface area contributed by atoms with Gasteiger partial charge in [-0.25, -0.2) is 9.78 Å². The molecule has 0 radical (unpaired) electrons. The molecule has 0 spiro atoms. The first-order valence-corrected chi connectivity index (χ1v) is 11.8. The Kier molecular flexibility index (Phi) is 5.97. The number of ether oxygens (including phenoxy) is 1. The highest BCUT2D eigenvalue weighted by molar-refractivity contribution is 7.22. The number of aryl methyl sites for hydroxylation is 2. The molecule has 1 fully saturated rings. The molecule has 4 aromatic rings. The molecule has 0 saturated carbocycles. The van der Waals surface area contributed by atoms with Gasteiger partial charge >= 0.3 is 5.63 Å². The molecule has 33 heavy (non-hydrogen) atoms. The van der Waals surface area contributed by atoms with Crippen LogP contribution in [0, 0.1) is 13.8 Å². The second-order valence-corrected chi connectivity index (χ2v) is 9.31. The zero-order valence-electron chi connectivity index (χ0n) is 18.7. The van der Waals surface area contributed by atoms with E-state index < -0.39 is 11.5 Å². The van der Waals surface area contributed by atoms with Gasteiger partial charge in [-0.2, -0.15) is 0 Å². The summed E-state index contributed by atoms with van der Waals surface area (Å²) in [5, 5.41) is 1.30. The monoisotopic (exact) mass is 463 g/mol. The lowest BCUT2D eigenvalue weighted by Crippen LogP contribution is -2.44. The topological polar surface area (TPSA) is 75.9 Å². The number of rotatable bonds is 5. The van der Waals surface area contributed by atoms with Crippen molar-refractivity contribution in [1.82, 2.24) is 9.88 Å². The molecule has 2 aromatic carbocycles. The Morgan fingerprint density at radius 3 is 2.70 bits per heavy atom. The van der Waals surface area contributed by atoms with Crippen molar-refractivity contribution in [3.63, 3.8) is 0 Å². The highest BCUT2D eigenvalue weighted by Gasteiger charge is 2.26. The number of carbonyl (C=O) groups excluding carboxylic acids is 1. The number of para-hydroxylation sites is 1. The summed E-state index contributed by atoms with van der Waals surface area (Å²) in [6.07, 6.45) is 0. The number of morpholine rings is 1. The van der Waals surface area contributed by atoms with Crippen LogP contribution in [0.1, 0.15) is 21.5 Å². The van der Waals surface area contributed by atoms with Crippen LogP contribution in [0.15, 0.2) is 51.7 Å². The van der Waals surface area contributed by atoms with Gasteiger partial charge in [0.2, 0.25) is 0 Å². The van der Waals surface area contributed by atoms with E-state index in [-0.39, 0.29) is 5.56 Å². The van der Waals surface area contributed by atoms with Crippen LogP contribution in [0.4, 0.5) is 5.13 Å². The van der Waals surface area contributed by atoms with Crippen LogP contribution in [0.25, 0.3) is 21.2 Å². The molecule has 8 heteroatoms. The summed E-state index contributed by atoms with van der Waals surface area (Å²) in [7, 11) is 0. The van der Waals surface area contributed by atoms with Gasteiger partial charge in [0.25, 0.3) is 5.91 Å². The number of aromatic nitrogens is 1. The Balaban J connectivity index is 1.53. The highest BCUT2D eigenvalue weighted by atomic mass is 32.1. The molecule has 1 saturated heterocycles. The maximum absolute atomic E-state index is 13.7. The lowest BCUT2D eigenvalue weighted by Gasteiger charge is -2.29. The summed E-state index contributed by atoms with van der Waals surface area (Å²) in [5.74, 6) is -0.393. The summed E-state index contributed by atoms with van der Waals surface area (Å²) in [5.41, 5.74) is 3.03. The van der Waals surface area contributed by atoms with Gasteiger partial charge in [-0.1, -0.05) is 29.5 Å². The predicted octanol–water partition coefficient (Wildman–Crippen LogP) is 4.00. The molecule has 0 N–H and O–H groups in total. The minimum absolute atomic E-state index is 0.0160. The molecule has 1 amide bonds. The van der Waals surface area contributed by atoms with Crippen molar-refractivity contribution in [3.8, 4) is 0 Å². The molecule has 1 aliphatic rings. The molecule has 2 aromatic heterocycles. The molecule has 1 aliphatic heterocycles. The summed E-state index contributed by atoms with van der Waals surface area (Å²) in [6, 6.07) is 13.0. The Morgan fingerprint density at radius 2 is 1.88 bits per heavy atom. The van der Waals surface area contributed by atoms with Crippen LogP contribution in [-0.2, 0) is 4.74 Å². The second kappa shape index (κ2) is 9.05. The van der Waals surface area contributed by atoms with E-state index in [0.717, 1.165) is 28.9 Å². The zero-order chi connectivity index (χ0) is 22.9. The standard InChI is InChI=1S/C25H25N3O4S/c1-16-13-20-22(14-17(16)2)33-25(26-20)28(8-7-27-9-11-31-12-10-27)23(29)19-15-18-5-3-4-6-21(18)32-24(19)30/h3-6,13-15H,7-12H2,1-2H3. The summed E-state index contributed by atoms with van der Waals surface area (Å²) in [6.45, 7) is 8.21. The average molecular weight is 464 g/mol. The van der Waals surface area contributed by atoms with Crippen molar-refractivity contribution < 1.29 is 13.9 Å². The van der Waals surface area contributed by atoms with Gasteiger partial charge in [-0.3, -0.25) is 14.6 Å². The lowest BCUT2D eigenvalue weighted by atomic mass is 10.1. The van der Waals surface area contributed by atoms with Crippen LogP contribution >= 0.6 is 11.3 Å². The number of hydrogen-bond acceptors (Lipinski definition) is 7. The van der Waals surface area contributed by atoms with E-state index in [2.05, 4.69) is 24.8 Å². The van der Waals surface area contributed by atoms with Crippen LogP contribution < -0.4 is 10.5 Å². The summed E-state index contributed by atoms with van der Waals surface area (Å²) < 4.78 is 11.9. The molecule has 0 atom stereocenters. The fourth-order valence-electron chi connectivity index (χ4n) is 3.99. The van der Waals surface area contributed by atoms with Gasteiger partial charge in [0, 0.05) is 31.6 Å². The maximum Gasteiger partial charge on any atom is 0.349 e. The van der Waals surface area contributed by atoms with E-state index in [4.69, 9.17) is 14.1 Å². The largest absolute Gasteiger partial charge is 0.422 e. The predicted molar refractivity (Wildman–Crippen MR) is 131 cm³/mol. The van der Waals surface area contributed by atoms with E-state index in [1.807, 2.05) is 18.2 Å². The van der Waals surface area contributed by atoms with Crippen LogP contribution in [0.3, 0.4) is 0 Å². The molecule has 3 heterocycles. The maximum atomic E-state index is 13.7. The fourth-order valence-corrected chi connectivity index (χ4v) is 5.06. The Hall–Kier alpha value is -3.07. The number of fused-ring (bicyclic) bond motifs is 2. The van der Waals surface area contributed by atoms with E-state index in [1.54, 1.807) is 23.1 Å². The van der Waals surface area contributed by atoms with E-state index in [9.17, 15) is 9.59 Å². The minimum Gasteiger partial charge on any atom is -0.422 e. The molecule has 5 rings (SSSR count). The molecular weight excluding hydrogens is 438 g/mol. The third kappa shape index (κ3) is 4.42. The third-order valence-corrected chi connectivity index (χ3v) is 7.13. The van der Waals surface area contributed by atoms with Crippen LogP contribution in [0.2, 0.25) is 0 Å². The number of benzene rings is 2. The summed E-state index contributed by atoms with van der Waals surface area (Å²) >= 11 is 1.47. The Morgan fingerprint density at radius 1 is 1.12 bits per heavy atom. The minimum atomic E-state index is -0.636. The Bertz CT molecular complexity index is 1350. The van der Waals surface area contributed by atoms with E-state index in [1.165, 1.54) is 16.9 Å². The number of hydrogen-bond donors (Lipinski definition) is 0. The molecule has 170 valence electrons. The quantitative estimate of drug-likeness (QED) is 0.417. The van der Waals surface area contributed by atoms with Gasteiger partial charge in [0.1, 0.15) is 11.1 Å². The van der Waals surface area contributed by atoms with Gasteiger partial charge in [0.05, 0.1) is 23.4 Å². The first-order valence-electron chi connectivity index (χ1n) is 11.0. The van der Waals surface area contributed by atoms with Crippen molar-refractivity contribution in [1.29, 1.82) is 0 Å². The van der Waals surface area contributed by atoms with Crippen molar-refractivity contribution in [3.05, 3.63) is 69.6 Å². The molecule has 0 unspecified atom stereocenters. The summed E-state index contributed by atoms with van der Waals surface area (Å²) in [4.78, 5) is 35.0. The molecular formula is C25H25N3O4S. The van der Waals surface area contributed by atoms with Gasteiger partial charge < -0.3 is 9.15 Å². The number of anilines is 1. The lowest BCUT2D eigenvalue weighted by molar-refractivity contribution is 0.0391. The van der Waals surface area contributed by atoms with Crippen molar-refractivity contribution >= 4 is 43.6 Å². The van der Waals surface area contributed by atoms with Crippen LogP contribution in [-0.4, -0.2) is 55.2 Å². The van der Waals surface area contributed by atoms with Crippen LogP contribution in [0.5, 0.6) is 0 Å². The van der Waals surface area contributed by atoms with E-state index in [0.29, 0.717) is 42.4 Å². The van der Waals surface area contributed by atoms with Gasteiger partial charge in [0.15, 0.2) is 5.13 Å². The Labute approximate surface area is 195 Å². The van der Waals surface area contributed by atoms with Gasteiger partial charge in [-0.15, -0.1) is 0 Å².